The fourth-order valence-corrected chi connectivity index (χ4v) is 4.63. The second kappa shape index (κ2) is 10.4. The third-order valence-electron chi connectivity index (χ3n) is 5.45. The summed E-state index contributed by atoms with van der Waals surface area (Å²) in [6.45, 7) is 0. The van der Waals surface area contributed by atoms with Crippen molar-refractivity contribution < 1.29 is 8.95 Å². The van der Waals surface area contributed by atoms with Gasteiger partial charge < -0.3 is 10.5 Å². The summed E-state index contributed by atoms with van der Waals surface area (Å²) in [6.07, 6.45) is 1.64. The SMILES string of the molecule is C.COc1ncc(-c2ccc3nc(N)n(-c4ccccc4)c(=O)c3c2)cc1NS(=O)c1ccccc1. The fraction of sp³-hybridized carbons (Fsp3) is 0.0741. The van der Waals surface area contributed by atoms with Crippen LogP contribution in [0.5, 0.6) is 5.88 Å². The number of para-hydroxylation sites is 1. The number of benzene rings is 3. The molecule has 0 fully saturated rings. The molecule has 0 aliphatic heterocycles. The van der Waals surface area contributed by atoms with Gasteiger partial charge in [0.25, 0.3) is 5.56 Å². The minimum atomic E-state index is -1.51. The molecule has 2 heterocycles. The summed E-state index contributed by atoms with van der Waals surface area (Å²) in [5.41, 5.74) is 8.88. The Morgan fingerprint density at radius 3 is 2.33 bits per heavy atom. The van der Waals surface area contributed by atoms with Crippen molar-refractivity contribution in [2.45, 2.75) is 12.3 Å². The number of nitrogens with one attached hydrogen (secondary N) is 1. The van der Waals surface area contributed by atoms with Crippen molar-refractivity contribution in [2.75, 3.05) is 17.6 Å². The van der Waals surface area contributed by atoms with Gasteiger partial charge in [-0.15, -0.1) is 0 Å². The van der Waals surface area contributed by atoms with Crippen LogP contribution >= 0.6 is 0 Å². The summed E-state index contributed by atoms with van der Waals surface area (Å²) in [5, 5.41) is 0.416. The highest BCUT2D eigenvalue weighted by molar-refractivity contribution is 7.86. The van der Waals surface area contributed by atoms with E-state index in [1.165, 1.54) is 11.7 Å². The summed E-state index contributed by atoms with van der Waals surface area (Å²) in [5.74, 6) is 0.419. The number of rotatable bonds is 6. The second-order valence-corrected chi connectivity index (χ2v) is 8.86. The zero-order chi connectivity index (χ0) is 24.4. The number of hydrogen-bond acceptors (Lipinski definition) is 6. The van der Waals surface area contributed by atoms with Crippen LogP contribution in [-0.2, 0) is 11.0 Å². The van der Waals surface area contributed by atoms with E-state index in [2.05, 4.69) is 14.7 Å². The second-order valence-electron chi connectivity index (χ2n) is 7.64. The molecule has 0 aliphatic rings. The highest BCUT2D eigenvalue weighted by Crippen LogP contribution is 2.30. The Balaban J connectivity index is 0.00000304. The van der Waals surface area contributed by atoms with Crippen LogP contribution in [0.25, 0.3) is 27.7 Å². The average molecular weight is 500 g/mol. The Kier molecular flexibility index (Phi) is 7.12. The van der Waals surface area contributed by atoms with Crippen molar-refractivity contribution in [2.24, 2.45) is 0 Å². The van der Waals surface area contributed by atoms with Gasteiger partial charge in [-0.2, -0.15) is 0 Å². The summed E-state index contributed by atoms with van der Waals surface area (Å²) in [6, 6.07) is 25.3. The van der Waals surface area contributed by atoms with Crippen molar-refractivity contribution in [3.8, 4) is 22.7 Å². The molecule has 0 saturated carbocycles. The van der Waals surface area contributed by atoms with E-state index in [4.69, 9.17) is 10.5 Å². The normalized spacial score (nSPS) is 11.5. The third kappa shape index (κ3) is 4.69. The Labute approximate surface area is 211 Å². The number of aromatic nitrogens is 3. The zero-order valence-corrected chi connectivity index (χ0v) is 19.5. The highest BCUT2D eigenvalue weighted by atomic mass is 32.2. The lowest BCUT2D eigenvalue weighted by Gasteiger charge is -2.13. The molecular weight excluding hydrogens is 474 g/mol. The number of anilines is 2. The predicted octanol–water partition coefficient (Wildman–Crippen LogP) is 4.81. The minimum Gasteiger partial charge on any atom is -0.480 e. The van der Waals surface area contributed by atoms with Gasteiger partial charge >= 0.3 is 0 Å². The Bertz CT molecular complexity index is 1610. The van der Waals surface area contributed by atoms with Crippen LogP contribution in [-0.4, -0.2) is 25.9 Å². The van der Waals surface area contributed by atoms with Crippen LogP contribution in [0.1, 0.15) is 7.43 Å². The molecule has 0 spiro atoms. The number of nitrogen functional groups attached to an aromatic ring is 1. The number of pyridine rings is 1. The van der Waals surface area contributed by atoms with Crippen LogP contribution < -0.4 is 20.8 Å². The van der Waals surface area contributed by atoms with Gasteiger partial charge in [-0.05, 0) is 48.0 Å². The first kappa shape index (κ1) is 24.6. The maximum atomic E-state index is 13.4. The molecule has 2 aromatic heterocycles. The van der Waals surface area contributed by atoms with Crippen LogP contribution in [0.15, 0.2) is 101 Å². The van der Waals surface area contributed by atoms with Gasteiger partial charge in [0, 0.05) is 11.8 Å². The molecule has 3 aromatic carbocycles. The monoisotopic (exact) mass is 499 g/mol. The first-order valence-electron chi connectivity index (χ1n) is 10.7. The molecule has 9 heteroatoms. The third-order valence-corrected chi connectivity index (χ3v) is 6.55. The molecule has 1 unspecified atom stereocenters. The van der Waals surface area contributed by atoms with E-state index < -0.39 is 11.0 Å². The molecule has 5 aromatic rings. The van der Waals surface area contributed by atoms with E-state index in [1.54, 1.807) is 48.7 Å². The molecule has 0 amide bonds. The Hall–Kier alpha value is -4.50. The zero-order valence-electron chi connectivity index (χ0n) is 18.7. The van der Waals surface area contributed by atoms with E-state index in [0.717, 1.165) is 5.56 Å². The molecule has 5 rings (SSSR count). The average Bonchev–Trinajstić information content (AvgIpc) is 2.89. The Morgan fingerprint density at radius 2 is 1.64 bits per heavy atom. The lowest BCUT2D eigenvalue weighted by Crippen LogP contribution is -2.23. The molecule has 182 valence electrons. The molecule has 36 heavy (non-hydrogen) atoms. The summed E-state index contributed by atoms with van der Waals surface area (Å²) in [7, 11) is -0.0143. The standard InChI is InChI=1S/C26H21N5O3S.CH4/c1-34-24-23(30-35(33)20-10-6-3-7-11-20)15-18(16-28-24)17-12-13-22-21(14-17)25(32)31(26(27)29-22)19-8-4-2-5-9-19;/h2-16,30H,1H3,(H2,27,29);1H4. The lowest BCUT2D eigenvalue weighted by molar-refractivity contribution is 0.400. The van der Waals surface area contributed by atoms with Gasteiger partial charge in [0.15, 0.2) is 0 Å². The van der Waals surface area contributed by atoms with Crippen molar-refractivity contribution >= 4 is 33.5 Å². The molecule has 3 N–H and O–H groups in total. The summed E-state index contributed by atoms with van der Waals surface area (Å²) >= 11 is 0. The first-order valence-corrected chi connectivity index (χ1v) is 11.9. The van der Waals surface area contributed by atoms with Gasteiger partial charge in [-0.1, -0.05) is 49.9 Å². The number of ether oxygens (including phenoxy) is 1. The topological polar surface area (TPSA) is 112 Å². The predicted molar refractivity (Wildman–Crippen MR) is 145 cm³/mol. The van der Waals surface area contributed by atoms with Crippen molar-refractivity contribution in [1.29, 1.82) is 0 Å². The van der Waals surface area contributed by atoms with Crippen LogP contribution in [0.3, 0.4) is 0 Å². The number of nitrogens with two attached hydrogens (primary N) is 1. The smallest absolute Gasteiger partial charge is 0.267 e. The van der Waals surface area contributed by atoms with Gasteiger partial charge in [-0.25, -0.2) is 18.7 Å². The maximum Gasteiger partial charge on any atom is 0.267 e. The molecule has 1 atom stereocenters. The minimum absolute atomic E-state index is 0. The lowest BCUT2D eigenvalue weighted by atomic mass is 10.0. The molecule has 0 saturated heterocycles. The highest BCUT2D eigenvalue weighted by Gasteiger charge is 2.14. The molecular formula is C27H25N5O3S. The van der Waals surface area contributed by atoms with Gasteiger partial charge in [0.1, 0.15) is 16.7 Å². The van der Waals surface area contributed by atoms with E-state index in [1.807, 2.05) is 42.5 Å². The number of nitrogens with zero attached hydrogens (tertiary/aromatic N) is 3. The largest absolute Gasteiger partial charge is 0.480 e. The quantitative estimate of drug-likeness (QED) is 0.347. The number of fused-ring (bicyclic) bond motifs is 1. The van der Waals surface area contributed by atoms with Crippen molar-refractivity contribution in [3.63, 3.8) is 0 Å². The van der Waals surface area contributed by atoms with Crippen LogP contribution in [0, 0.1) is 0 Å². The summed E-state index contributed by atoms with van der Waals surface area (Å²) < 4.78 is 22.5. The number of hydrogen-bond donors (Lipinski definition) is 2. The van der Waals surface area contributed by atoms with Crippen LogP contribution in [0.4, 0.5) is 11.6 Å². The molecule has 8 nitrogen and oxygen atoms in total. The maximum absolute atomic E-state index is 13.4. The van der Waals surface area contributed by atoms with Gasteiger partial charge in [0.05, 0.1) is 28.6 Å². The van der Waals surface area contributed by atoms with Gasteiger partial charge in [0.2, 0.25) is 11.8 Å². The van der Waals surface area contributed by atoms with E-state index in [9.17, 15) is 9.00 Å². The van der Waals surface area contributed by atoms with Crippen molar-refractivity contribution in [3.05, 3.63) is 101 Å². The molecule has 0 radical (unpaired) electrons. The fourth-order valence-electron chi connectivity index (χ4n) is 3.76. The van der Waals surface area contributed by atoms with Crippen LogP contribution in [0.2, 0.25) is 0 Å². The van der Waals surface area contributed by atoms with E-state index >= 15 is 0 Å². The van der Waals surface area contributed by atoms with E-state index in [-0.39, 0.29) is 18.9 Å². The molecule has 0 aliphatic carbocycles. The number of methoxy groups -OCH3 is 1. The molecule has 0 bridgehead atoms. The van der Waals surface area contributed by atoms with Crippen molar-refractivity contribution in [1.82, 2.24) is 14.5 Å². The summed E-state index contributed by atoms with van der Waals surface area (Å²) in [4.78, 5) is 22.8. The Morgan fingerprint density at radius 1 is 0.944 bits per heavy atom. The van der Waals surface area contributed by atoms with E-state index in [0.29, 0.717) is 38.6 Å². The van der Waals surface area contributed by atoms with Gasteiger partial charge in [-0.3, -0.25) is 9.52 Å². The first-order chi connectivity index (χ1) is 17.0.